The van der Waals surface area contributed by atoms with E-state index in [1.165, 1.54) is 14.0 Å². The number of carbonyl (C=O) groups is 2. The predicted molar refractivity (Wildman–Crippen MR) is 101 cm³/mol. The number of halogens is 1. The lowest BCUT2D eigenvalue weighted by atomic mass is 10.1. The largest absolute Gasteiger partial charge is 0.493 e. The Morgan fingerprint density at radius 3 is 2.44 bits per heavy atom. The summed E-state index contributed by atoms with van der Waals surface area (Å²) in [5.41, 5.74) is 2.28. The number of ketones is 1. The van der Waals surface area contributed by atoms with Crippen molar-refractivity contribution in [3.63, 3.8) is 0 Å². The lowest BCUT2D eigenvalue weighted by Gasteiger charge is -2.17. The molecule has 0 aliphatic heterocycles. The number of methoxy groups -OCH3 is 1. The van der Waals surface area contributed by atoms with Gasteiger partial charge < -0.3 is 14.8 Å². The highest BCUT2D eigenvalue weighted by molar-refractivity contribution is 9.10. The van der Waals surface area contributed by atoms with Crippen molar-refractivity contribution in [1.82, 2.24) is 0 Å². The van der Waals surface area contributed by atoms with Crippen LogP contribution < -0.4 is 14.8 Å². The van der Waals surface area contributed by atoms with Crippen LogP contribution in [-0.4, -0.2) is 24.9 Å². The average Bonchev–Trinajstić information content (AvgIpc) is 2.57. The first kappa shape index (κ1) is 19.0. The Hall–Kier alpha value is -2.34. The molecule has 0 saturated carbocycles. The number of Topliss-reactive ketones (excluding diaryl/α,β-unsaturated/α-hetero) is 1. The fraction of sp³-hybridized carbons (Fsp3) is 0.263. The van der Waals surface area contributed by atoms with Crippen molar-refractivity contribution < 1.29 is 19.1 Å². The highest BCUT2D eigenvalue weighted by Gasteiger charge is 2.18. The van der Waals surface area contributed by atoms with E-state index in [4.69, 9.17) is 9.47 Å². The zero-order valence-electron chi connectivity index (χ0n) is 14.6. The van der Waals surface area contributed by atoms with Gasteiger partial charge >= 0.3 is 0 Å². The minimum absolute atomic E-state index is 0.0696. The topological polar surface area (TPSA) is 64.6 Å². The van der Waals surface area contributed by atoms with Crippen molar-refractivity contribution in [3.05, 3.63) is 52.0 Å². The van der Waals surface area contributed by atoms with Crippen molar-refractivity contribution in [2.75, 3.05) is 12.4 Å². The number of nitrogens with one attached hydrogen (secondary N) is 1. The number of anilines is 1. The molecule has 1 amide bonds. The first-order valence-corrected chi connectivity index (χ1v) is 8.53. The van der Waals surface area contributed by atoms with Gasteiger partial charge in [0.1, 0.15) is 0 Å². The first-order chi connectivity index (χ1) is 11.8. The maximum atomic E-state index is 12.4. The predicted octanol–water partition coefficient (Wildman–Crippen LogP) is 4.37. The second kappa shape index (κ2) is 8.16. The van der Waals surface area contributed by atoms with E-state index in [1.54, 1.807) is 25.1 Å². The average molecular weight is 406 g/mol. The van der Waals surface area contributed by atoms with E-state index in [9.17, 15) is 9.59 Å². The van der Waals surface area contributed by atoms with Crippen molar-refractivity contribution in [3.8, 4) is 11.5 Å². The summed E-state index contributed by atoms with van der Waals surface area (Å²) in [6.45, 7) is 5.10. The fourth-order valence-corrected chi connectivity index (χ4v) is 2.78. The second-order valence-electron chi connectivity index (χ2n) is 5.65. The van der Waals surface area contributed by atoms with Crippen LogP contribution in [0.2, 0.25) is 0 Å². The molecule has 6 heteroatoms. The van der Waals surface area contributed by atoms with E-state index in [-0.39, 0.29) is 11.7 Å². The Balaban J connectivity index is 2.11. The number of amides is 1. The molecule has 0 radical (unpaired) electrons. The number of aryl methyl sites for hydroxylation is 1. The van der Waals surface area contributed by atoms with E-state index in [0.29, 0.717) is 22.7 Å². The molecule has 0 heterocycles. The Morgan fingerprint density at radius 1 is 1.12 bits per heavy atom. The van der Waals surface area contributed by atoms with Crippen LogP contribution in [0.3, 0.4) is 0 Å². The summed E-state index contributed by atoms with van der Waals surface area (Å²) < 4.78 is 11.8. The van der Waals surface area contributed by atoms with Crippen molar-refractivity contribution >= 4 is 33.3 Å². The Kier molecular flexibility index (Phi) is 6.20. The van der Waals surface area contributed by atoms with E-state index in [1.807, 2.05) is 25.1 Å². The number of carbonyl (C=O) groups excluding carboxylic acids is 2. The smallest absolute Gasteiger partial charge is 0.265 e. The summed E-state index contributed by atoms with van der Waals surface area (Å²) in [5.74, 6) is 0.448. The van der Waals surface area contributed by atoms with Gasteiger partial charge in [-0.15, -0.1) is 0 Å². The second-order valence-corrected chi connectivity index (χ2v) is 6.51. The van der Waals surface area contributed by atoms with Gasteiger partial charge in [0.05, 0.1) is 12.8 Å². The lowest BCUT2D eigenvalue weighted by molar-refractivity contribution is -0.122. The minimum Gasteiger partial charge on any atom is -0.493 e. The summed E-state index contributed by atoms with van der Waals surface area (Å²) in [6, 6.07) is 10.5. The van der Waals surface area contributed by atoms with E-state index >= 15 is 0 Å². The Labute approximate surface area is 155 Å². The maximum Gasteiger partial charge on any atom is 0.265 e. The number of rotatable bonds is 6. The minimum atomic E-state index is -0.745. The zero-order valence-corrected chi connectivity index (χ0v) is 16.1. The molecule has 0 bridgehead atoms. The summed E-state index contributed by atoms with van der Waals surface area (Å²) in [4.78, 5) is 23.8. The summed E-state index contributed by atoms with van der Waals surface area (Å²) in [5, 5.41) is 2.82. The van der Waals surface area contributed by atoms with Crippen molar-refractivity contribution in [2.24, 2.45) is 0 Å². The molecule has 0 aliphatic carbocycles. The number of hydrogen-bond donors (Lipinski definition) is 1. The highest BCUT2D eigenvalue weighted by Crippen LogP contribution is 2.29. The monoisotopic (exact) mass is 405 g/mol. The third-order valence-corrected chi connectivity index (χ3v) is 4.28. The molecule has 0 unspecified atom stereocenters. The summed E-state index contributed by atoms with van der Waals surface area (Å²) in [6.07, 6.45) is -0.745. The van der Waals surface area contributed by atoms with Crippen LogP contribution in [-0.2, 0) is 4.79 Å². The molecule has 25 heavy (non-hydrogen) atoms. The van der Waals surface area contributed by atoms with E-state index < -0.39 is 6.10 Å². The molecule has 2 aromatic rings. The van der Waals surface area contributed by atoms with Crippen molar-refractivity contribution in [2.45, 2.75) is 26.9 Å². The molecule has 1 atom stereocenters. The normalized spacial score (nSPS) is 11.6. The van der Waals surface area contributed by atoms with E-state index in [0.717, 1.165) is 10.0 Å². The summed E-state index contributed by atoms with van der Waals surface area (Å²) >= 11 is 3.43. The van der Waals surface area contributed by atoms with Gasteiger partial charge in [-0.05, 0) is 72.6 Å². The molecule has 0 aliphatic rings. The number of benzene rings is 2. The van der Waals surface area contributed by atoms with Crippen LogP contribution in [0, 0.1) is 6.92 Å². The van der Waals surface area contributed by atoms with Gasteiger partial charge in [0, 0.05) is 10.0 Å². The van der Waals surface area contributed by atoms with E-state index in [2.05, 4.69) is 21.2 Å². The van der Waals surface area contributed by atoms with Gasteiger partial charge in [-0.2, -0.15) is 0 Å². The maximum absolute atomic E-state index is 12.4. The SMILES string of the molecule is COc1cc(C(C)=O)ccc1O[C@@H](C)C(=O)Nc1ccc(C)cc1Br. The first-order valence-electron chi connectivity index (χ1n) is 7.74. The molecule has 0 aromatic heterocycles. The molecule has 5 nitrogen and oxygen atoms in total. The highest BCUT2D eigenvalue weighted by atomic mass is 79.9. The third-order valence-electron chi connectivity index (χ3n) is 3.63. The van der Waals surface area contributed by atoms with Gasteiger partial charge in [0.15, 0.2) is 23.4 Å². The molecule has 1 N–H and O–H groups in total. The molecule has 0 fully saturated rings. The number of hydrogen-bond acceptors (Lipinski definition) is 4. The molecule has 132 valence electrons. The third kappa shape index (κ3) is 4.82. The van der Waals surface area contributed by atoms with Crippen molar-refractivity contribution in [1.29, 1.82) is 0 Å². The Morgan fingerprint density at radius 2 is 1.84 bits per heavy atom. The van der Waals surface area contributed by atoms with Crippen LogP contribution in [0.4, 0.5) is 5.69 Å². The molecule has 2 aromatic carbocycles. The van der Waals surface area contributed by atoms with Crippen LogP contribution in [0.5, 0.6) is 11.5 Å². The molecular weight excluding hydrogens is 386 g/mol. The quantitative estimate of drug-likeness (QED) is 0.724. The van der Waals surface area contributed by atoms with Crippen LogP contribution in [0.15, 0.2) is 40.9 Å². The number of ether oxygens (including phenoxy) is 2. The van der Waals surface area contributed by atoms with Gasteiger partial charge in [0.25, 0.3) is 5.91 Å². The van der Waals surface area contributed by atoms with Gasteiger partial charge in [-0.1, -0.05) is 6.07 Å². The van der Waals surface area contributed by atoms with Gasteiger partial charge in [-0.3, -0.25) is 9.59 Å². The van der Waals surface area contributed by atoms with Gasteiger partial charge in [0.2, 0.25) is 0 Å². The van der Waals surface area contributed by atoms with Crippen LogP contribution >= 0.6 is 15.9 Å². The molecular formula is C19H20BrNO4. The molecule has 2 rings (SSSR count). The lowest BCUT2D eigenvalue weighted by Crippen LogP contribution is -2.30. The zero-order chi connectivity index (χ0) is 18.6. The van der Waals surface area contributed by atoms with Crippen LogP contribution in [0.1, 0.15) is 29.8 Å². The summed E-state index contributed by atoms with van der Waals surface area (Å²) in [7, 11) is 1.49. The standard InChI is InChI=1S/C19H20BrNO4/c1-11-5-7-16(15(20)9-11)21-19(23)13(3)25-17-8-6-14(12(2)22)10-18(17)24-4/h5-10,13H,1-4H3,(H,21,23)/t13-/m0/s1. The van der Waals surface area contributed by atoms with Gasteiger partial charge in [-0.25, -0.2) is 0 Å². The van der Waals surface area contributed by atoms with Crippen LogP contribution in [0.25, 0.3) is 0 Å². The molecule has 0 saturated heterocycles. The fourth-order valence-electron chi connectivity index (χ4n) is 2.18. The molecule has 0 spiro atoms. The Bertz CT molecular complexity index is 804.